The maximum atomic E-state index is 13.6. The lowest BCUT2D eigenvalue weighted by atomic mass is 10.0. The summed E-state index contributed by atoms with van der Waals surface area (Å²) in [6.07, 6.45) is 3.50. The topological polar surface area (TPSA) is 55.3 Å². The molecule has 1 heterocycles. The molecule has 0 aromatic heterocycles. The van der Waals surface area contributed by atoms with Gasteiger partial charge in [-0.25, -0.2) is 4.39 Å². The van der Waals surface area contributed by atoms with E-state index in [4.69, 9.17) is 11.5 Å². The summed E-state index contributed by atoms with van der Waals surface area (Å²) in [4.78, 5) is 2.27. The standard InChI is InChI=1S/C16H24FN3/c1-12(20-8-4-6-15(20)11-18)9-14(19)10-13-5-2-3-7-16(13)17/h2-3,5,7,14-15H,1,4,6,8-11,18-19H2/t14-,15-/m0/s1. The van der Waals surface area contributed by atoms with Crippen LogP contribution in [0.15, 0.2) is 36.5 Å². The van der Waals surface area contributed by atoms with Crippen LogP contribution >= 0.6 is 0 Å². The Bertz CT molecular complexity index is 461. The summed E-state index contributed by atoms with van der Waals surface area (Å²) in [5.74, 6) is -0.186. The van der Waals surface area contributed by atoms with E-state index >= 15 is 0 Å². The molecule has 1 aliphatic heterocycles. The van der Waals surface area contributed by atoms with E-state index in [0.717, 1.165) is 25.1 Å². The highest BCUT2D eigenvalue weighted by molar-refractivity contribution is 5.19. The molecule has 0 unspecified atom stereocenters. The van der Waals surface area contributed by atoms with E-state index < -0.39 is 0 Å². The fraction of sp³-hybridized carbons (Fsp3) is 0.500. The molecule has 0 aliphatic carbocycles. The van der Waals surface area contributed by atoms with Crippen molar-refractivity contribution in [2.24, 2.45) is 11.5 Å². The van der Waals surface area contributed by atoms with Gasteiger partial charge in [0.1, 0.15) is 5.82 Å². The zero-order valence-electron chi connectivity index (χ0n) is 11.9. The van der Waals surface area contributed by atoms with Gasteiger partial charge in [0, 0.05) is 37.3 Å². The Morgan fingerprint density at radius 1 is 1.45 bits per heavy atom. The molecule has 4 heteroatoms. The first-order chi connectivity index (χ1) is 9.61. The Balaban J connectivity index is 1.89. The highest BCUT2D eigenvalue weighted by atomic mass is 19.1. The maximum Gasteiger partial charge on any atom is 0.126 e. The van der Waals surface area contributed by atoms with E-state index in [2.05, 4.69) is 11.5 Å². The van der Waals surface area contributed by atoms with Crippen molar-refractivity contribution in [3.8, 4) is 0 Å². The van der Waals surface area contributed by atoms with Crippen LogP contribution in [0.1, 0.15) is 24.8 Å². The smallest absolute Gasteiger partial charge is 0.126 e. The van der Waals surface area contributed by atoms with E-state index in [9.17, 15) is 4.39 Å². The predicted molar refractivity (Wildman–Crippen MR) is 80.6 cm³/mol. The molecule has 1 fully saturated rings. The van der Waals surface area contributed by atoms with Crippen LogP contribution in [-0.4, -0.2) is 30.1 Å². The van der Waals surface area contributed by atoms with Gasteiger partial charge in [-0.2, -0.15) is 0 Å². The highest BCUT2D eigenvalue weighted by Crippen LogP contribution is 2.23. The number of likely N-dealkylation sites (tertiary alicyclic amines) is 1. The minimum Gasteiger partial charge on any atom is -0.371 e. The number of nitrogens with zero attached hydrogens (tertiary/aromatic N) is 1. The average molecular weight is 277 g/mol. The van der Waals surface area contributed by atoms with Crippen molar-refractivity contribution < 1.29 is 4.39 Å². The molecule has 0 radical (unpaired) electrons. The third-order valence-electron chi connectivity index (χ3n) is 3.99. The van der Waals surface area contributed by atoms with Gasteiger partial charge >= 0.3 is 0 Å². The van der Waals surface area contributed by atoms with Crippen molar-refractivity contribution >= 4 is 0 Å². The van der Waals surface area contributed by atoms with Crippen molar-refractivity contribution in [1.82, 2.24) is 4.90 Å². The van der Waals surface area contributed by atoms with Gasteiger partial charge in [-0.15, -0.1) is 0 Å². The van der Waals surface area contributed by atoms with Gasteiger partial charge in [-0.3, -0.25) is 0 Å². The molecule has 0 amide bonds. The quantitative estimate of drug-likeness (QED) is 0.836. The van der Waals surface area contributed by atoms with Crippen molar-refractivity contribution in [3.63, 3.8) is 0 Å². The van der Waals surface area contributed by atoms with Gasteiger partial charge in [0.15, 0.2) is 0 Å². The molecule has 2 rings (SSSR count). The molecule has 1 aromatic rings. The molecule has 4 N–H and O–H groups in total. The lowest BCUT2D eigenvalue weighted by molar-refractivity contribution is 0.310. The summed E-state index contributed by atoms with van der Waals surface area (Å²) in [6, 6.07) is 7.07. The van der Waals surface area contributed by atoms with E-state index in [1.54, 1.807) is 12.1 Å². The van der Waals surface area contributed by atoms with Crippen LogP contribution in [0.5, 0.6) is 0 Å². The monoisotopic (exact) mass is 277 g/mol. The van der Waals surface area contributed by atoms with Gasteiger partial charge in [-0.1, -0.05) is 24.8 Å². The molecule has 0 saturated carbocycles. The lowest BCUT2D eigenvalue weighted by Gasteiger charge is -2.29. The van der Waals surface area contributed by atoms with E-state index in [-0.39, 0.29) is 11.9 Å². The SMILES string of the molecule is C=C(C[C@H](N)Cc1ccccc1F)N1CCC[C@H]1CN. The Hall–Kier alpha value is -1.39. The second kappa shape index (κ2) is 6.86. The number of halogens is 1. The van der Waals surface area contributed by atoms with Crippen LogP contribution in [0.3, 0.4) is 0 Å². The molecule has 1 aliphatic rings. The molecular formula is C16H24FN3. The first kappa shape index (κ1) is 15.0. The third-order valence-corrected chi connectivity index (χ3v) is 3.99. The molecule has 20 heavy (non-hydrogen) atoms. The number of rotatable bonds is 6. The predicted octanol–water partition coefficient (Wildman–Crippen LogP) is 2.02. The molecule has 0 spiro atoms. The average Bonchev–Trinajstić information content (AvgIpc) is 2.89. The summed E-state index contributed by atoms with van der Waals surface area (Å²) in [5, 5.41) is 0. The number of hydrogen-bond donors (Lipinski definition) is 2. The van der Waals surface area contributed by atoms with Crippen LogP contribution in [-0.2, 0) is 6.42 Å². The first-order valence-electron chi connectivity index (χ1n) is 7.25. The molecular weight excluding hydrogens is 253 g/mol. The van der Waals surface area contributed by atoms with Crippen LogP contribution < -0.4 is 11.5 Å². The van der Waals surface area contributed by atoms with E-state index in [0.29, 0.717) is 31.0 Å². The van der Waals surface area contributed by atoms with E-state index in [1.165, 1.54) is 6.07 Å². The van der Waals surface area contributed by atoms with Crippen LogP contribution in [0.2, 0.25) is 0 Å². The van der Waals surface area contributed by atoms with Gasteiger partial charge < -0.3 is 16.4 Å². The summed E-state index contributed by atoms with van der Waals surface area (Å²) < 4.78 is 13.6. The Kier molecular flexibility index (Phi) is 5.15. The normalized spacial score (nSPS) is 20.1. The van der Waals surface area contributed by atoms with Crippen LogP contribution in [0.4, 0.5) is 4.39 Å². The molecule has 110 valence electrons. The van der Waals surface area contributed by atoms with Crippen molar-refractivity contribution in [2.75, 3.05) is 13.1 Å². The zero-order chi connectivity index (χ0) is 14.5. The van der Waals surface area contributed by atoms with Gasteiger partial charge in [0.25, 0.3) is 0 Å². The summed E-state index contributed by atoms with van der Waals surface area (Å²) >= 11 is 0. The lowest BCUT2D eigenvalue weighted by Crippen LogP contribution is -2.37. The Morgan fingerprint density at radius 2 is 2.20 bits per heavy atom. The summed E-state index contributed by atoms with van der Waals surface area (Å²) in [5.41, 5.74) is 13.6. The minimum atomic E-state index is -0.186. The number of hydrogen-bond acceptors (Lipinski definition) is 3. The fourth-order valence-electron chi connectivity index (χ4n) is 2.94. The second-order valence-corrected chi connectivity index (χ2v) is 5.55. The molecule has 3 nitrogen and oxygen atoms in total. The highest BCUT2D eigenvalue weighted by Gasteiger charge is 2.24. The first-order valence-corrected chi connectivity index (χ1v) is 7.25. The molecule has 2 atom stereocenters. The molecule has 1 saturated heterocycles. The van der Waals surface area contributed by atoms with Gasteiger partial charge in [0.05, 0.1) is 0 Å². The third kappa shape index (κ3) is 3.58. The van der Waals surface area contributed by atoms with Crippen molar-refractivity contribution in [3.05, 3.63) is 47.9 Å². The van der Waals surface area contributed by atoms with Gasteiger partial charge in [-0.05, 0) is 30.9 Å². The van der Waals surface area contributed by atoms with Crippen LogP contribution in [0.25, 0.3) is 0 Å². The Labute approximate surface area is 120 Å². The van der Waals surface area contributed by atoms with E-state index in [1.807, 2.05) is 6.07 Å². The zero-order valence-corrected chi connectivity index (χ0v) is 11.9. The number of benzene rings is 1. The largest absolute Gasteiger partial charge is 0.371 e. The minimum absolute atomic E-state index is 0.113. The Morgan fingerprint density at radius 3 is 2.90 bits per heavy atom. The molecule has 0 bridgehead atoms. The van der Waals surface area contributed by atoms with Gasteiger partial charge in [0.2, 0.25) is 0 Å². The van der Waals surface area contributed by atoms with Crippen molar-refractivity contribution in [1.29, 1.82) is 0 Å². The number of nitrogens with two attached hydrogens (primary N) is 2. The summed E-state index contributed by atoms with van der Waals surface area (Å²) in [6.45, 7) is 5.80. The fourth-order valence-corrected chi connectivity index (χ4v) is 2.94. The molecule has 1 aromatic carbocycles. The second-order valence-electron chi connectivity index (χ2n) is 5.55. The van der Waals surface area contributed by atoms with Crippen molar-refractivity contribution in [2.45, 2.75) is 37.8 Å². The summed E-state index contributed by atoms with van der Waals surface area (Å²) in [7, 11) is 0. The maximum absolute atomic E-state index is 13.6. The van der Waals surface area contributed by atoms with Crippen LogP contribution in [0, 0.1) is 5.82 Å².